The molecule has 0 amide bonds. The molecule has 0 bridgehead atoms. The van der Waals surface area contributed by atoms with E-state index in [0.29, 0.717) is 23.3 Å². The summed E-state index contributed by atoms with van der Waals surface area (Å²) in [7, 11) is 0. The minimum atomic E-state index is -0.889. The summed E-state index contributed by atoms with van der Waals surface area (Å²) in [5, 5.41) is 10.8. The molecule has 38 heavy (non-hydrogen) atoms. The molecular weight excluding hydrogens is 468 g/mol. The van der Waals surface area contributed by atoms with Crippen molar-refractivity contribution >= 4 is 45.6 Å². The Hall–Kier alpha value is -4.70. The Labute approximate surface area is 222 Å². The molecule has 0 fully saturated rings. The highest BCUT2D eigenvalue weighted by Crippen LogP contribution is 2.39. The number of anilines is 3. The Morgan fingerprint density at radius 3 is 2.00 bits per heavy atom. The SMILES string of the molecule is CC1CC(=Cc2ccc(N(c3ccccc3)c3ccccc3)cc2)c2nc3ccccc3c(C(=O)O)c2C1. The topological polar surface area (TPSA) is 53.4 Å². The number of benzene rings is 4. The van der Waals surface area contributed by atoms with E-state index in [9.17, 15) is 9.90 Å². The predicted octanol–water partition coefficient (Wildman–Crippen LogP) is 8.53. The van der Waals surface area contributed by atoms with Gasteiger partial charge in [0, 0.05) is 22.4 Å². The van der Waals surface area contributed by atoms with Gasteiger partial charge in [-0.2, -0.15) is 0 Å². The molecule has 1 aromatic heterocycles. The number of hydrogen-bond donors (Lipinski definition) is 1. The monoisotopic (exact) mass is 496 g/mol. The van der Waals surface area contributed by atoms with Crippen LogP contribution < -0.4 is 4.90 Å². The minimum Gasteiger partial charge on any atom is -0.478 e. The first kappa shape index (κ1) is 23.7. The van der Waals surface area contributed by atoms with Crippen LogP contribution in [0.4, 0.5) is 17.1 Å². The van der Waals surface area contributed by atoms with Gasteiger partial charge in [-0.15, -0.1) is 0 Å². The van der Waals surface area contributed by atoms with Crippen molar-refractivity contribution in [2.45, 2.75) is 19.8 Å². The van der Waals surface area contributed by atoms with Gasteiger partial charge in [-0.05, 0) is 84.0 Å². The summed E-state index contributed by atoms with van der Waals surface area (Å²) in [6.07, 6.45) is 3.74. The molecule has 1 N–H and O–H groups in total. The van der Waals surface area contributed by atoms with Crippen LogP contribution in [0.3, 0.4) is 0 Å². The Morgan fingerprint density at radius 2 is 1.37 bits per heavy atom. The van der Waals surface area contributed by atoms with Gasteiger partial charge in [-0.25, -0.2) is 9.78 Å². The lowest BCUT2D eigenvalue weighted by Gasteiger charge is -2.26. The van der Waals surface area contributed by atoms with Crippen LogP contribution in [-0.2, 0) is 6.42 Å². The van der Waals surface area contributed by atoms with Gasteiger partial charge in [0.25, 0.3) is 0 Å². The number of fused-ring (bicyclic) bond motifs is 2. The molecule has 0 saturated carbocycles. The highest BCUT2D eigenvalue weighted by atomic mass is 16.4. The van der Waals surface area contributed by atoms with E-state index in [1.54, 1.807) is 0 Å². The number of aromatic nitrogens is 1. The Balaban J connectivity index is 1.42. The van der Waals surface area contributed by atoms with E-state index in [4.69, 9.17) is 4.98 Å². The molecule has 0 aliphatic heterocycles. The fraction of sp³-hybridized carbons (Fsp3) is 0.118. The third-order valence-corrected chi connectivity index (χ3v) is 7.15. The lowest BCUT2D eigenvalue weighted by molar-refractivity contribution is 0.0697. The predicted molar refractivity (Wildman–Crippen MR) is 155 cm³/mol. The van der Waals surface area contributed by atoms with E-state index in [1.807, 2.05) is 60.7 Å². The normalized spacial score (nSPS) is 15.8. The molecule has 5 aromatic rings. The number of hydrogen-bond acceptors (Lipinski definition) is 3. The molecule has 6 rings (SSSR count). The number of allylic oxidation sites excluding steroid dienone is 1. The summed E-state index contributed by atoms with van der Waals surface area (Å²) in [5.74, 6) is -0.555. The molecule has 0 radical (unpaired) electrons. The van der Waals surface area contributed by atoms with Gasteiger partial charge in [-0.3, -0.25) is 0 Å². The maximum absolute atomic E-state index is 12.3. The zero-order valence-electron chi connectivity index (χ0n) is 21.2. The number of aromatic carboxylic acids is 1. The smallest absolute Gasteiger partial charge is 0.336 e. The fourth-order valence-electron chi connectivity index (χ4n) is 5.50. The van der Waals surface area contributed by atoms with Gasteiger partial charge >= 0.3 is 5.97 Å². The van der Waals surface area contributed by atoms with E-state index in [0.717, 1.165) is 51.4 Å². The largest absolute Gasteiger partial charge is 0.478 e. The average Bonchev–Trinajstić information content (AvgIpc) is 2.94. The summed E-state index contributed by atoms with van der Waals surface area (Å²) >= 11 is 0. The van der Waals surface area contributed by atoms with Crippen molar-refractivity contribution in [3.63, 3.8) is 0 Å². The number of para-hydroxylation sites is 3. The molecule has 1 aliphatic carbocycles. The third kappa shape index (κ3) is 4.46. The molecule has 1 atom stereocenters. The second-order valence-electron chi connectivity index (χ2n) is 9.92. The van der Waals surface area contributed by atoms with Crippen LogP contribution in [0, 0.1) is 5.92 Å². The summed E-state index contributed by atoms with van der Waals surface area (Å²) in [4.78, 5) is 19.5. The molecule has 1 aliphatic rings. The van der Waals surface area contributed by atoms with Crippen LogP contribution in [-0.4, -0.2) is 16.1 Å². The average molecular weight is 497 g/mol. The zero-order valence-corrected chi connectivity index (χ0v) is 21.2. The standard InChI is InChI=1S/C34H28N2O2/c1-23-20-25(33-30(21-23)32(34(37)38)29-14-8-9-15-31(29)35-33)22-24-16-18-28(19-17-24)36(26-10-4-2-5-11-26)27-12-6-3-7-13-27/h2-19,22-23H,20-21H2,1H3,(H,37,38). The van der Waals surface area contributed by atoms with Gasteiger partial charge in [0.05, 0.1) is 16.8 Å². The number of carbonyl (C=O) groups is 1. The fourth-order valence-corrected chi connectivity index (χ4v) is 5.50. The molecule has 0 saturated heterocycles. The number of rotatable bonds is 5. The van der Waals surface area contributed by atoms with Gasteiger partial charge in [-0.1, -0.05) is 73.7 Å². The second-order valence-corrected chi connectivity index (χ2v) is 9.92. The van der Waals surface area contributed by atoms with Crippen molar-refractivity contribution in [2.75, 3.05) is 4.90 Å². The quantitative estimate of drug-likeness (QED) is 0.265. The van der Waals surface area contributed by atoms with Crippen LogP contribution in [0.2, 0.25) is 0 Å². The van der Waals surface area contributed by atoms with E-state index in [2.05, 4.69) is 66.4 Å². The summed E-state index contributed by atoms with van der Waals surface area (Å²) in [6.45, 7) is 2.18. The zero-order chi connectivity index (χ0) is 26.1. The van der Waals surface area contributed by atoms with Crippen molar-refractivity contribution in [2.24, 2.45) is 5.92 Å². The first-order valence-corrected chi connectivity index (χ1v) is 12.9. The second kappa shape index (κ2) is 9.98. The lowest BCUT2D eigenvalue weighted by atomic mass is 9.80. The molecule has 1 unspecified atom stereocenters. The van der Waals surface area contributed by atoms with E-state index >= 15 is 0 Å². The van der Waals surface area contributed by atoms with Gasteiger partial charge < -0.3 is 10.0 Å². The van der Waals surface area contributed by atoms with Crippen LogP contribution in [0.1, 0.15) is 40.5 Å². The molecular formula is C34H28N2O2. The Bertz CT molecular complexity index is 1600. The van der Waals surface area contributed by atoms with Crippen molar-refractivity contribution in [3.05, 3.63) is 132 Å². The minimum absolute atomic E-state index is 0.334. The van der Waals surface area contributed by atoms with Crippen LogP contribution in [0.5, 0.6) is 0 Å². The first-order valence-electron chi connectivity index (χ1n) is 12.9. The maximum atomic E-state index is 12.3. The number of carboxylic acid groups (broad SMARTS) is 1. The molecule has 1 heterocycles. The lowest BCUT2D eigenvalue weighted by Crippen LogP contribution is -2.17. The van der Waals surface area contributed by atoms with Crippen LogP contribution in [0.15, 0.2) is 109 Å². The molecule has 4 nitrogen and oxygen atoms in total. The van der Waals surface area contributed by atoms with Gasteiger partial charge in [0.15, 0.2) is 0 Å². The molecule has 186 valence electrons. The molecule has 0 spiro atoms. The van der Waals surface area contributed by atoms with Crippen molar-refractivity contribution in [3.8, 4) is 0 Å². The van der Waals surface area contributed by atoms with Crippen LogP contribution in [0.25, 0.3) is 22.6 Å². The highest BCUT2D eigenvalue weighted by Gasteiger charge is 2.28. The van der Waals surface area contributed by atoms with Crippen molar-refractivity contribution < 1.29 is 9.90 Å². The third-order valence-electron chi connectivity index (χ3n) is 7.15. The summed E-state index contributed by atoms with van der Waals surface area (Å²) < 4.78 is 0. The molecule has 4 aromatic carbocycles. The maximum Gasteiger partial charge on any atom is 0.336 e. The van der Waals surface area contributed by atoms with Crippen LogP contribution >= 0.6 is 0 Å². The van der Waals surface area contributed by atoms with E-state index < -0.39 is 5.97 Å². The van der Waals surface area contributed by atoms with Gasteiger partial charge in [0.2, 0.25) is 0 Å². The number of pyridine rings is 1. The van der Waals surface area contributed by atoms with E-state index in [1.165, 1.54) is 0 Å². The number of carboxylic acids is 1. The Morgan fingerprint density at radius 1 is 0.789 bits per heavy atom. The number of nitrogens with zero attached hydrogens (tertiary/aromatic N) is 2. The molecule has 4 heteroatoms. The van der Waals surface area contributed by atoms with Crippen molar-refractivity contribution in [1.29, 1.82) is 0 Å². The van der Waals surface area contributed by atoms with Gasteiger partial charge in [0.1, 0.15) is 0 Å². The van der Waals surface area contributed by atoms with Crippen molar-refractivity contribution in [1.82, 2.24) is 4.98 Å². The summed E-state index contributed by atoms with van der Waals surface area (Å²) in [5.41, 5.74) is 8.18. The Kier molecular flexibility index (Phi) is 6.22. The van der Waals surface area contributed by atoms with E-state index in [-0.39, 0.29) is 0 Å². The summed E-state index contributed by atoms with van der Waals surface area (Å²) in [6, 6.07) is 36.8. The first-order chi connectivity index (χ1) is 18.6. The highest BCUT2D eigenvalue weighted by molar-refractivity contribution is 6.06.